The van der Waals surface area contributed by atoms with Gasteiger partial charge >= 0.3 is 12.0 Å². The van der Waals surface area contributed by atoms with Crippen molar-refractivity contribution in [3.8, 4) is 0 Å². The molecule has 1 saturated carbocycles. The first-order valence-corrected chi connectivity index (χ1v) is 8.05. The van der Waals surface area contributed by atoms with Crippen LogP contribution in [-0.4, -0.2) is 53.8 Å². The first-order valence-electron chi connectivity index (χ1n) is 8.05. The molecule has 4 unspecified atom stereocenters. The number of rotatable bonds is 3. The molecule has 2 heterocycles. The molecule has 3 fully saturated rings. The van der Waals surface area contributed by atoms with Crippen LogP contribution in [0.3, 0.4) is 0 Å². The molecule has 0 aromatic rings. The summed E-state index contributed by atoms with van der Waals surface area (Å²) in [5.74, 6) is -0.365. The highest BCUT2D eigenvalue weighted by atomic mass is 16.5. The Morgan fingerprint density at radius 1 is 1.19 bits per heavy atom. The molecule has 21 heavy (non-hydrogen) atoms. The number of carboxylic acids is 1. The Bertz CT molecular complexity index is 408. The van der Waals surface area contributed by atoms with Gasteiger partial charge in [0.05, 0.1) is 6.10 Å². The van der Waals surface area contributed by atoms with Crippen LogP contribution in [0.4, 0.5) is 4.79 Å². The Labute approximate surface area is 124 Å². The lowest BCUT2D eigenvalue weighted by molar-refractivity contribution is -0.142. The predicted octanol–water partition coefficient (Wildman–Crippen LogP) is 1.45. The van der Waals surface area contributed by atoms with Crippen LogP contribution in [0, 0.1) is 11.8 Å². The predicted molar refractivity (Wildman–Crippen MR) is 76.0 cm³/mol. The molecule has 2 saturated heterocycles. The molecule has 0 spiro atoms. The van der Waals surface area contributed by atoms with E-state index in [2.05, 4.69) is 5.32 Å². The molecular weight excluding hydrogens is 272 g/mol. The Balaban J connectivity index is 1.57. The Morgan fingerprint density at radius 2 is 2.05 bits per heavy atom. The smallest absolute Gasteiger partial charge is 0.326 e. The van der Waals surface area contributed by atoms with Crippen molar-refractivity contribution in [2.45, 2.75) is 50.7 Å². The van der Waals surface area contributed by atoms with E-state index < -0.39 is 12.0 Å². The molecule has 3 rings (SSSR count). The average molecular weight is 296 g/mol. The summed E-state index contributed by atoms with van der Waals surface area (Å²) in [6.07, 6.45) is 6.32. The van der Waals surface area contributed by atoms with Crippen molar-refractivity contribution in [2.75, 3.05) is 19.7 Å². The quantitative estimate of drug-likeness (QED) is 0.826. The lowest BCUT2D eigenvalue weighted by Gasteiger charge is -2.27. The van der Waals surface area contributed by atoms with Crippen molar-refractivity contribution < 1.29 is 19.4 Å². The van der Waals surface area contributed by atoms with Crippen LogP contribution >= 0.6 is 0 Å². The number of ether oxygens (including phenoxy) is 1. The van der Waals surface area contributed by atoms with Gasteiger partial charge in [-0.25, -0.2) is 9.59 Å². The van der Waals surface area contributed by atoms with Crippen LogP contribution in [0.1, 0.15) is 38.5 Å². The number of urea groups is 1. The maximum Gasteiger partial charge on any atom is 0.326 e. The highest BCUT2D eigenvalue weighted by Crippen LogP contribution is 2.42. The Kier molecular flexibility index (Phi) is 4.33. The number of amides is 2. The number of hydrogen-bond acceptors (Lipinski definition) is 3. The normalized spacial score (nSPS) is 35.5. The van der Waals surface area contributed by atoms with Crippen molar-refractivity contribution in [1.29, 1.82) is 0 Å². The van der Waals surface area contributed by atoms with Gasteiger partial charge in [0, 0.05) is 19.7 Å². The van der Waals surface area contributed by atoms with E-state index in [9.17, 15) is 14.7 Å². The van der Waals surface area contributed by atoms with Gasteiger partial charge in [0.1, 0.15) is 6.04 Å². The van der Waals surface area contributed by atoms with Gasteiger partial charge in [0.2, 0.25) is 0 Å². The van der Waals surface area contributed by atoms with Gasteiger partial charge in [-0.05, 0) is 43.9 Å². The van der Waals surface area contributed by atoms with E-state index in [1.165, 1.54) is 4.90 Å². The number of fused-ring (bicyclic) bond motifs is 1. The van der Waals surface area contributed by atoms with Gasteiger partial charge < -0.3 is 20.1 Å². The number of nitrogens with one attached hydrogen (secondary N) is 1. The van der Waals surface area contributed by atoms with Gasteiger partial charge in [-0.1, -0.05) is 6.42 Å². The largest absolute Gasteiger partial charge is 0.480 e. The fraction of sp³-hybridized carbons (Fsp3) is 0.867. The third kappa shape index (κ3) is 3.00. The number of carbonyl (C=O) groups is 2. The molecule has 1 aliphatic carbocycles. The fourth-order valence-electron chi connectivity index (χ4n) is 4.10. The first-order chi connectivity index (χ1) is 10.2. The zero-order chi connectivity index (χ0) is 14.8. The monoisotopic (exact) mass is 296 g/mol. The lowest BCUT2D eigenvalue weighted by atomic mass is 9.94. The summed E-state index contributed by atoms with van der Waals surface area (Å²) in [4.78, 5) is 25.4. The SMILES string of the molecule is O=C(O)C1C2CCCC2CN1C(=O)NCC1CCCCO1. The van der Waals surface area contributed by atoms with E-state index in [1.807, 2.05) is 0 Å². The minimum Gasteiger partial charge on any atom is -0.480 e. The highest BCUT2D eigenvalue weighted by Gasteiger charge is 2.49. The van der Waals surface area contributed by atoms with Crippen molar-refractivity contribution in [3.63, 3.8) is 0 Å². The van der Waals surface area contributed by atoms with Gasteiger partial charge in [0.25, 0.3) is 0 Å². The summed E-state index contributed by atoms with van der Waals surface area (Å²) in [5.41, 5.74) is 0. The second-order valence-electron chi connectivity index (χ2n) is 6.46. The van der Waals surface area contributed by atoms with Crippen LogP contribution in [0.2, 0.25) is 0 Å². The average Bonchev–Trinajstić information content (AvgIpc) is 3.05. The summed E-state index contributed by atoms with van der Waals surface area (Å²) in [6.45, 7) is 1.82. The van der Waals surface area contributed by atoms with Crippen LogP contribution in [0.15, 0.2) is 0 Å². The van der Waals surface area contributed by atoms with Crippen LogP contribution in [0.5, 0.6) is 0 Å². The number of carbonyl (C=O) groups excluding carboxylic acids is 1. The van der Waals surface area contributed by atoms with Crippen LogP contribution in [-0.2, 0) is 9.53 Å². The van der Waals surface area contributed by atoms with Crippen molar-refractivity contribution >= 4 is 12.0 Å². The molecule has 0 radical (unpaired) electrons. The summed E-state index contributed by atoms with van der Waals surface area (Å²) in [7, 11) is 0. The number of carboxylic acid groups (broad SMARTS) is 1. The Morgan fingerprint density at radius 3 is 2.76 bits per heavy atom. The molecular formula is C15H24N2O4. The third-order valence-electron chi connectivity index (χ3n) is 5.16. The summed E-state index contributed by atoms with van der Waals surface area (Å²) >= 11 is 0. The second kappa shape index (κ2) is 6.22. The second-order valence-corrected chi connectivity index (χ2v) is 6.46. The molecule has 6 heteroatoms. The molecule has 2 amide bonds. The van der Waals surface area contributed by atoms with E-state index in [4.69, 9.17) is 4.74 Å². The molecule has 3 aliphatic rings. The summed E-state index contributed by atoms with van der Waals surface area (Å²) < 4.78 is 5.59. The number of hydrogen-bond donors (Lipinski definition) is 2. The van der Waals surface area contributed by atoms with Crippen molar-refractivity contribution in [1.82, 2.24) is 10.2 Å². The maximum atomic E-state index is 12.3. The van der Waals surface area contributed by atoms with Crippen LogP contribution < -0.4 is 5.32 Å². The molecule has 0 bridgehead atoms. The van der Waals surface area contributed by atoms with E-state index in [-0.39, 0.29) is 18.1 Å². The number of likely N-dealkylation sites (tertiary alicyclic amines) is 1. The molecule has 6 nitrogen and oxygen atoms in total. The van der Waals surface area contributed by atoms with E-state index >= 15 is 0 Å². The zero-order valence-corrected chi connectivity index (χ0v) is 12.3. The molecule has 0 aromatic carbocycles. The molecule has 0 aromatic heterocycles. The maximum absolute atomic E-state index is 12.3. The minimum atomic E-state index is -0.867. The van der Waals surface area contributed by atoms with Crippen molar-refractivity contribution in [2.24, 2.45) is 11.8 Å². The molecule has 2 N–H and O–H groups in total. The van der Waals surface area contributed by atoms with E-state index in [1.54, 1.807) is 0 Å². The lowest BCUT2D eigenvalue weighted by Crippen LogP contribution is -2.49. The van der Waals surface area contributed by atoms with Gasteiger partial charge in [0.15, 0.2) is 0 Å². The molecule has 118 valence electrons. The Hall–Kier alpha value is -1.30. The first kappa shape index (κ1) is 14.6. The van der Waals surface area contributed by atoms with E-state index in [0.717, 1.165) is 45.1 Å². The number of nitrogens with zero attached hydrogens (tertiary/aromatic N) is 1. The van der Waals surface area contributed by atoms with Gasteiger partial charge in [-0.2, -0.15) is 0 Å². The third-order valence-corrected chi connectivity index (χ3v) is 5.16. The van der Waals surface area contributed by atoms with Crippen molar-refractivity contribution in [3.05, 3.63) is 0 Å². The molecule has 4 atom stereocenters. The van der Waals surface area contributed by atoms with E-state index in [0.29, 0.717) is 19.0 Å². The van der Waals surface area contributed by atoms with Gasteiger partial charge in [-0.3, -0.25) is 0 Å². The topological polar surface area (TPSA) is 78.9 Å². The van der Waals surface area contributed by atoms with Crippen LogP contribution in [0.25, 0.3) is 0 Å². The zero-order valence-electron chi connectivity index (χ0n) is 12.3. The van der Waals surface area contributed by atoms with Gasteiger partial charge in [-0.15, -0.1) is 0 Å². The highest BCUT2D eigenvalue weighted by molar-refractivity contribution is 5.83. The fourth-order valence-corrected chi connectivity index (χ4v) is 4.10. The summed E-state index contributed by atoms with van der Waals surface area (Å²) in [5, 5.41) is 12.3. The standard InChI is InChI=1S/C15H24N2O4/c18-14(19)13-12-6-3-4-10(12)9-17(13)15(20)16-8-11-5-1-2-7-21-11/h10-13H,1-9H2,(H,16,20)(H,18,19). The molecule has 2 aliphatic heterocycles. The summed E-state index contributed by atoms with van der Waals surface area (Å²) in [6, 6.07) is -0.893. The number of aliphatic carboxylic acids is 1. The minimum absolute atomic E-state index is 0.0769.